The van der Waals surface area contributed by atoms with E-state index in [-0.39, 0.29) is 21.3 Å². The van der Waals surface area contributed by atoms with E-state index in [4.69, 9.17) is 62.8 Å². The standard InChI is InChI=1S/C22H15Cl5F3N3O4/c23-10-3-9(4-11(24)5-10)16-17(22(16,26)27)19(35)31-12-1-2-14(25)13(6-12)18(34)32-15-7-37-33(20(15)36)8-21(28,29)30/h1-6,15-17H,7-8H2,(H,31,35)(H,32,34)/t15-,16?,17?/m1/s1. The van der Waals surface area contributed by atoms with Crippen LogP contribution >= 0.6 is 58.0 Å². The number of hydroxylamine groups is 2. The lowest BCUT2D eigenvalue weighted by atomic mass is 10.1. The minimum absolute atomic E-state index is 0.0316. The van der Waals surface area contributed by atoms with Gasteiger partial charge in [-0.1, -0.05) is 34.8 Å². The maximum atomic E-state index is 12.9. The van der Waals surface area contributed by atoms with Crippen LogP contribution in [0.25, 0.3) is 0 Å². The molecule has 15 heteroatoms. The molecule has 0 spiro atoms. The molecule has 37 heavy (non-hydrogen) atoms. The minimum atomic E-state index is -4.67. The highest BCUT2D eigenvalue weighted by molar-refractivity contribution is 6.53. The maximum absolute atomic E-state index is 12.9. The van der Waals surface area contributed by atoms with E-state index in [0.29, 0.717) is 15.6 Å². The number of benzene rings is 2. The highest BCUT2D eigenvalue weighted by atomic mass is 35.5. The zero-order valence-electron chi connectivity index (χ0n) is 18.2. The third-order valence-electron chi connectivity index (χ3n) is 5.63. The first kappa shape index (κ1) is 28.1. The van der Waals surface area contributed by atoms with Crippen LogP contribution in [-0.2, 0) is 14.4 Å². The van der Waals surface area contributed by atoms with Crippen molar-refractivity contribution < 1.29 is 32.4 Å². The molecule has 2 aromatic carbocycles. The monoisotopic (exact) mass is 617 g/mol. The predicted molar refractivity (Wildman–Crippen MR) is 132 cm³/mol. The first-order chi connectivity index (χ1) is 17.2. The quantitative estimate of drug-likeness (QED) is 0.412. The molecule has 3 atom stereocenters. The number of carbonyl (C=O) groups excluding carboxylic acids is 3. The number of rotatable bonds is 6. The zero-order valence-corrected chi connectivity index (χ0v) is 22.0. The molecule has 2 aromatic rings. The highest BCUT2D eigenvalue weighted by Crippen LogP contribution is 2.65. The summed E-state index contributed by atoms with van der Waals surface area (Å²) in [4.78, 5) is 42.5. The summed E-state index contributed by atoms with van der Waals surface area (Å²) in [6.45, 7) is -2.11. The van der Waals surface area contributed by atoms with Crippen LogP contribution < -0.4 is 10.6 Å². The fourth-order valence-electron chi connectivity index (χ4n) is 3.92. The number of halogens is 8. The van der Waals surface area contributed by atoms with Crippen LogP contribution in [-0.4, -0.2) is 52.5 Å². The molecule has 0 bridgehead atoms. The smallest absolute Gasteiger partial charge is 0.338 e. The highest BCUT2D eigenvalue weighted by Gasteiger charge is 2.67. The van der Waals surface area contributed by atoms with Gasteiger partial charge in [0, 0.05) is 21.7 Å². The molecule has 4 rings (SSSR count). The van der Waals surface area contributed by atoms with Gasteiger partial charge in [0.25, 0.3) is 11.8 Å². The molecule has 0 radical (unpaired) electrons. The van der Waals surface area contributed by atoms with Gasteiger partial charge >= 0.3 is 6.18 Å². The van der Waals surface area contributed by atoms with Crippen molar-refractivity contribution in [1.29, 1.82) is 0 Å². The Bertz CT molecular complexity index is 1260. The van der Waals surface area contributed by atoms with Crippen LogP contribution in [0.4, 0.5) is 18.9 Å². The maximum Gasteiger partial charge on any atom is 0.408 e. The normalized spacial score (nSPS) is 22.6. The van der Waals surface area contributed by atoms with Gasteiger partial charge in [-0.05, 0) is 42.0 Å². The van der Waals surface area contributed by atoms with E-state index in [0.717, 1.165) is 0 Å². The molecule has 3 amide bonds. The lowest BCUT2D eigenvalue weighted by molar-refractivity contribution is -0.214. The molecule has 1 aliphatic carbocycles. The number of nitrogens with zero attached hydrogens (tertiary/aromatic N) is 1. The number of hydrogen-bond acceptors (Lipinski definition) is 4. The fourth-order valence-corrected chi connectivity index (χ4v) is 5.49. The van der Waals surface area contributed by atoms with Crippen LogP contribution in [0, 0.1) is 5.92 Å². The Hall–Kier alpha value is -1.95. The number of anilines is 1. The summed E-state index contributed by atoms with van der Waals surface area (Å²) in [5, 5.41) is 5.68. The van der Waals surface area contributed by atoms with Gasteiger partial charge in [0.05, 0.1) is 16.5 Å². The van der Waals surface area contributed by atoms with Crippen molar-refractivity contribution in [2.45, 2.75) is 22.5 Å². The third kappa shape index (κ3) is 6.21. The van der Waals surface area contributed by atoms with E-state index in [9.17, 15) is 27.6 Å². The summed E-state index contributed by atoms with van der Waals surface area (Å²) >= 11 is 30.9. The van der Waals surface area contributed by atoms with Gasteiger partial charge < -0.3 is 10.6 Å². The van der Waals surface area contributed by atoms with Crippen molar-refractivity contribution in [3.8, 4) is 0 Å². The second-order valence-corrected chi connectivity index (χ2v) is 11.1. The van der Waals surface area contributed by atoms with E-state index in [2.05, 4.69) is 10.6 Å². The van der Waals surface area contributed by atoms with Crippen LogP contribution in [0.1, 0.15) is 21.8 Å². The number of carbonyl (C=O) groups is 3. The topological polar surface area (TPSA) is 87.7 Å². The summed E-state index contributed by atoms with van der Waals surface area (Å²) < 4.78 is 36.2. The van der Waals surface area contributed by atoms with E-state index in [1.807, 2.05) is 0 Å². The molecule has 2 unspecified atom stereocenters. The number of amides is 3. The Balaban J connectivity index is 1.44. The molecule has 2 N–H and O–H groups in total. The first-order valence-corrected chi connectivity index (χ1v) is 12.3. The summed E-state index contributed by atoms with van der Waals surface area (Å²) in [6, 6.07) is 7.34. The van der Waals surface area contributed by atoms with Crippen molar-refractivity contribution in [1.82, 2.24) is 10.4 Å². The molecular weight excluding hydrogens is 605 g/mol. The van der Waals surface area contributed by atoms with Crippen LogP contribution in [0.2, 0.25) is 15.1 Å². The lowest BCUT2D eigenvalue weighted by Crippen LogP contribution is -2.44. The van der Waals surface area contributed by atoms with Gasteiger partial charge in [-0.2, -0.15) is 13.2 Å². The van der Waals surface area contributed by atoms with Crippen molar-refractivity contribution in [2.24, 2.45) is 5.92 Å². The molecule has 198 valence electrons. The fraction of sp³-hybridized carbons (Fsp3) is 0.318. The molecule has 7 nitrogen and oxygen atoms in total. The number of hydrogen-bond donors (Lipinski definition) is 2. The van der Waals surface area contributed by atoms with Gasteiger partial charge in [0.2, 0.25) is 5.91 Å². The van der Waals surface area contributed by atoms with Gasteiger partial charge in [-0.25, -0.2) is 5.06 Å². The van der Waals surface area contributed by atoms with Crippen molar-refractivity contribution in [2.75, 3.05) is 18.5 Å². The Morgan fingerprint density at radius 2 is 1.73 bits per heavy atom. The predicted octanol–water partition coefficient (Wildman–Crippen LogP) is 5.61. The molecule has 1 saturated carbocycles. The summed E-state index contributed by atoms with van der Waals surface area (Å²) in [6.07, 6.45) is -4.67. The zero-order chi connectivity index (χ0) is 27.3. The van der Waals surface area contributed by atoms with E-state index < -0.39 is 59.3 Å². The molecule has 1 aliphatic heterocycles. The Morgan fingerprint density at radius 1 is 1.08 bits per heavy atom. The van der Waals surface area contributed by atoms with E-state index in [1.54, 1.807) is 12.1 Å². The summed E-state index contributed by atoms with van der Waals surface area (Å²) in [7, 11) is 0. The van der Waals surface area contributed by atoms with Crippen molar-refractivity contribution in [3.05, 3.63) is 62.6 Å². The summed E-state index contributed by atoms with van der Waals surface area (Å²) in [5.41, 5.74) is 0.589. The summed E-state index contributed by atoms with van der Waals surface area (Å²) in [5.74, 6) is -3.95. The van der Waals surface area contributed by atoms with Crippen LogP contribution in [0.5, 0.6) is 0 Å². The average Bonchev–Trinajstić information content (AvgIpc) is 3.22. The van der Waals surface area contributed by atoms with Crippen LogP contribution in [0.15, 0.2) is 36.4 Å². The average molecular weight is 620 g/mol. The van der Waals surface area contributed by atoms with E-state index in [1.165, 1.54) is 24.3 Å². The Labute approximate surface area is 233 Å². The third-order valence-corrected chi connectivity index (χ3v) is 7.33. The van der Waals surface area contributed by atoms with Crippen molar-refractivity contribution in [3.63, 3.8) is 0 Å². The van der Waals surface area contributed by atoms with Gasteiger partial charge in [0.1, 0.15) is 23.5 Å². The van der Waals surface area contributed by atoms with Crippen molar-refractivity contribution >= 4 is 81.4 Å². The molecule has 1 heterocycles. The Kier molecular flexibility index (Phi) is 7.82. The number of nitrogens with one attached hydrogen (secondary N) is 2. The van der Waals surface area contributed by atoms with E-state index >= 15 is 0 Å². The molecule has 0 aromatic heterocycles. The second kappa shape index (κ2) is 10.3. The van der Waals surface area contributed by atoms with Gasteiger partial charge in [0.15, 0.2) is 0 Å². The Morgan fingerprint density at radius 3 is 2.35 bits per heavy atom. The minimum Gasteiger partial charge on any atom is -0.338 e. The number of alkyl halides is 5. The van der Waals surface area contributed by atoms with Gasteiger partial charge in [-0.3, -0.25) is 19.2 Å². The molecule has 1 saturated heterocycles. The first-order valence-electron chi connectivity index (χ1n) is 10.4. The molecular formula is C22H15Cl5F3N3O4. The SMILES string of the molecule is O=C(N[C@@H]1CON(CC(F)(F)F)C1=O)c1cc(NC(=O)C2C(c3cc(Cl)cc(Cl)c3)C2(Cl)Cl)ccc1Cl. The second-order valence-electron chi connectivity index (χ2n) is 8.33. The molecule has 2 fully saturated rings. The van der Waals surface area contributed by atoms with Crippen LogP contribution in [0.3, 0.4) is 0 Å². The van der Waals surface area contributed by atoms with Gasteiger partial charge in [-0.15, -0.1) is 23.2 Å². The largest absolute Gasteiger partial charge is 0.408 e. The lowest BCUT2D eigenvalue weighted by Gasteiger charge is -2.16. The molecule has 2 aliphatic rings.